The number of ether oxygens (including phenoxy) is 1. The Balaban J connectivity index is 2.30. The van der Waals surface area contributed by atoms with Crippen molar-refractivity contribution in [3.63, 3.8) is 0 Å². The summed E-state index contributed by atoms with van der Waals surface area (Å²) in [6.45, 7) is 2.04. The molecular weight excluding hydrogens is 307 g/mol. The van der Waals surface area contributed by atoms with Crippen molar-refractivity contribution in [1.29, 1.82) is 0 Å². The molecule has 0 saturated heterocycles. The first-order chi connectivity index (χ1) is 9.10. The molecule has 0 unspecified atom stereocenters. The highest BCUT2D eigenvalue weighted by molar-refractivity contribution is 6.42. The van der Waals surface area contributed by atoms with Crippen molar-refractivity contribution in [3.05, 3.63) is 45.3 Å². The number of nitrogens with zero attached hydrogens (tertiary/aromatic N) is 2. The largest absolute Gasteiger partial charge is 0.437 e. The fourth-order valence-corrected chi connectivity index (χ4v) is 2.03. The minimum Gasteiger partial charge on any atom is -0.437 e. The maximum absolute atomic E-state index is 6.05. The first kappa shape index (κ1) is 14.4. The number of rotatable bonds is 4. The number of aryl methyl sites for hydroxylation is 1. The van der Waals surface area contributed by atoms with Gasteiger partial charge < -0.3 is 4.74 Å². The number of aromatic nitrogens is 2. The number of hydrogen-bond acceptors (Lipinski definition) is 3. The molecule has 2 aromatic rings. The molecule has 0 saturated carbocycles. The lowest BCUT2D eigenvalue weighted by molar-refractivity contribution is 0.458. The molecule has 0 bridgehead atoms. The molecule has 0 aliphatic heterocycles. The summed E-state index contributed by atoms with van der Waals surface area (Å²) in [7, 11) is 0. The molecule has 0 atom stereocenters. The van der Waals surface area contributed by atoms with Crippen molar-refractivity contribution < 1.29 is 4.74 Å². The Bertz CT molecular complexity index is 590. The highest BCUT2D eigenvalue weighted by Crippen LogP contribution is 2.34. The van der Waals surface area contributed by atoms with Crippen LogP contribution in [0.2, 0.25) is 15.2 Å². The van der Waals surface area contributed by atoms with E-state index in [4.69, 9.17) is 39.5 Å². The van der Waals surface area contributed by atoms with E-state index in [2.05, 4.69) is 9.97 Å². The topological polar surface area (TPSA) is 35.0 Å². The summed E-state index contributed by atoms with van der Waals surface area (Å²) in [5, 5.41) is 1.11. The van der Waals surface area contributed by atoms with Crippen LogP contribution >= 0.6 is 34.8 Å². The lowest BCUT2D eigenvalue weighted by atomic mass is 10.3. The first-order valence-electron chi connectivity index (χ1n) is 5.75. The van der Waals surface area contributed by atoms with Crippen LogP contribution in [0.25, 0.3) is 0 Å². The van der Waals surface area contributed by atoms with Gasteiger partial charge in [-0.2, -0.15) is 4.98 Å². The summed E-state index contributed by atoms with van der Waals surface area (Å²) in [5.74, 6) is 1.43. The highest BCUT2D eigenvalue weighted by atomic mass is 35.5. The summed E-state index contributed by atoms with van der Waals surface area (Å²) in [6.07, 6.45) is 1.66. The van der Waals surface area contributed by atoms with E-state index in [1.165, 1.54) is 6.07 Å². The molecule has 1 heterocycles. The highest BCUT2D eigenvalue weighted by Gasteiger charge is 2.09. The van der Waals surface area contributed by atoms with Gasteiger partial charge in [-0.15, -0.1) is 0 Å². The summed E-state index contributed by atoms with van der Waals surface area (Å²) >= 11 is 17.9. The van der Waals surface area contributed by atoms with E-state index in [1.807, 2.05) is 6.92 Å². The molecule has 1 aromatic carbocycles. The van der Waals surface area contributed by atoms with Gasteiger partial charge in [-0.25, -0.2) is 4.98 Å². The summed E-state index contributed by atoms with van der Waals surface area (Å²) < 4.78 is 5.61. The van der Waals surface area contributed by atoms with Gasteiger partial charge in [0.15, 0.2) is 0 Å². The van der Waals surface area contributed by atoms with Crippen LogP contribution in [0.15, 0.2) is 24.3 Å². The number of hydrogen-bond donors (Lipinski definition) is 0. The van der Waals surface area contributed by atoms with E-state index in [0.29, 0.717) is 32.7 Å². The Hall–Kier alpha value is -1.03. The third-order valence-electron chi connectivity index (χ3n) is 2.32. The fraction of sp³-hybridized carbons (Fsp3) is 0.231. The molecule has 3 nitrogen and oxygen atoms in total. The molecule has 0 amide bonds. The van der Waals surface area contributed by atoms with Gasteiger partial charge in [-0.1, -0.05) is 47.8 Å². The van der Waals surface area contributed by atoms with Gasteiger partial charge in [0.2, 0.25) is 5.88 Å². The maximum atomic E-state index is 6.05. The van der Waals surface area contributed by atoms with Crippen LogP contribution in [-0.4, -0.2) is 9.97 Å². The molecule has 2 rings (SSSR count). The summed E-state index contributed by atoms with van der Waals surface area (Å²) in [5.41, 5.74) is 0. The zero-order chi connectivity index (χ0) is 13.8. The standard InChI is InChI=1S/C13H11Cl3N2O/c1-2-4-11-17-10(15)7-12(18-11)19-9-6-3-5-8(14)13(9)16/h3,5-7H,2,4H2,1H3. The molecule has 6 heteroatoms. The SMILES string of the molecule is CCCc1nc(Cl)cc(Oc2cccc(Cl)c2Cl)n1. The molecule has 100 valence electrons. The van der Waals surface area contributed by atoms with E-state index < -0.39 is 0 Å². The van der Waals surface area contributed by atoms with E-state index in [0.717, 1.165) is 12.8 Å². The van der Waals surface area contributed by atoms with Crippen molar-refractivity contribution in [2.45, 2.75) is 19.8 Å². The average molecular weight is 318 g/mol. The number of halogens is 3. The Morgan fingerprint density at radius 2 is 1.95 bits per heavy atom. The van der Waals surface area contributed by atoms with Gasteiger partial charge in [0.1, 0.15) is 21.7 Å². The van der Waals surface area contributed by atoms with Crippen LogP contribution in [-0.2, 0) is 6.42 Å². The lowest BCUT2D eigenvalue weighted by Gasteiger charge is -2.08. The molecule has 0 N–H and O–H groups in total. The molecule has 0 aliphatic rings. The molecule has 0 aliphatic carbocycles. The second kappa shape index (κ2) is 6.42. The quantitative estimate of drug-likeness (QED) is 0.729. The predicted octanol–water partition coefficient (Wildman–Crippen LogP) is 5.18. The van der Waals surface area contributed by atoms with E-state index in [-0.39, 0.29) is 0 Å². The minimum atomic E-state index is 0.339. The zero-order valence-corrected chi connectivity index (χ0v) is 12.4. The second-order valence-electron chi connectivity index (χ2n) is 3.85. The zero-order valence-electron chi connectivity index (χ0n) is 10.2. The van der Waals surface area contributed by atoms with Crippen LogP contribution in [0.3, 0.4) is 0 Å². The van der Waals surface area contributed by atoms with Crippen LogP contribution in [0.4, 0.5) is 0 Å². The predicted molar refractivity (Wildman–Crippen MR) is 77.6 cm³/mol. The molecule has 0 radical (unpaired) electrons. The third-order valence-corrected chi connectivity index (χ3v) is 3.32. The van der Waals surface area contributed by atoms with Crippen molar-refractivity contribution >= 4 is 34.8 Å². The third kappa shape index (κ3) is 3.72. The molecule has 0 spiro atoms. The van der Waals surface area contributed by atoms with E-state index >= 15 is 0 Å². The number of benzene rings is 1. The first-order valence-corrected chi connectivity index (χ1v) is 6.89. The minimum absolute atomic E-state index is 0.339. The maximum Gasteiger partial charge on any atom is 0.224 e. The summed E-state index contributed by atoms with van der Waals surface area (Å²) in [6, 6.07) is 6.69. The smallest absolute Gasteiger partial charge is 0.224 e. The monoisotopic (exact) mass is 316 g/mol. The summed E-state index contributed by atoms with van der Waals surface area (Å²) in [4.78, 5) is 8.39. The van der Waals surface area contributed by atoms with Crippen LogP contribution in [0.5, 0.6) is 11.6 Å². The lowest BCUT2D eigenvalue weighted by Crippen LogP contribution is -1.98. The van der Waals surface area contributed by atoms with Crippen LogP contribution in [0, 0.1) is 0 Å². The van der Waals surface area contributed by atoms with Crippen molar-refractivity contribution in [3.8, 4) is 11.6 Å². The Morgan fingerprint density at radius 1 is 1.16 bits per heavy atom. The van der Waals surface area contributed by atoms with Crippen LogP contribution in [0.1, 0.15) is 19.2 Å². The Morgan fingerprint density at radius 3 is 2.68 bits per heavy atom. The van der Waals surface area contributed by atoms with Gasteiger partial charge in [0.05, 0.1) is 5.02 Å². The molecular formula is C13H11Cl3N2O. The van der Waals surface area contributed by atoms with Gasteiger partial charge in [-0.05, 0) is 18.6 Å². The van der Waals surface area contributed by atoms with Gasteiger partial charge >= 0.3 is 0 Å². The Kier molecular flexibility index (Phi) is 4.86. The van der Waals surface area contributed by atoms with Crippen LogP contribution < -0.4 is 4.74 Å². The van der Waals surface area contributed by atoms with Gasteiger partial charge in [0.25, 0.3) is 0 Å². The van der Waals surface area contributed by atoms with Crippen molar-refractivity contribution in [2.75, 3.05) is 0 Å². The Labute approximate surface area is 126 Å². The second-order valence-corrected chi connectivity index (χ2v) is 5.02. The molecule has 19 heavy (non-hydrogen) atoms. The van der Waals surface area contributed by atoms with E-state index in [9.17, 15) is 0 Å². The average Bonchev–Trinajstić information content (AvgIpc) is 2.35. The van der Waals surface area contributed by atoms with Gasteiger partial charge in [-0.3, -0.25) is 0 Å². The molecule has 1 aromatic heterocycles. The fourth-order valence-electron chi connectivity index (χ4n) is 1.51. The van der Waals surface area contributed by atoms with Crippen molar-refractivity contribution in [2.24, 2.45) is 0 Å². The van der Waals surface area contributed by atoms with Crippen molar-refractivity contribution in [1.82, 2.24) is 9.97 Å². The van der Waals surface area contributed by atoms with E-state index in [1.54, 1.807) is 18.2 Å². The normalized spacial score (nSPS) is 10.5. The molecule has 0 fully saturated rings. The van der Waals surface area contributed by atoms with Gasteiger partial charge in [0, 0.05) is 12.5 Å².